The van der Waals surface area contributed by atoms with Crippen LogP contribution in [-0.4, -0.2) is 88.3 Å². The van der Waals surface area contributed by atoms with Crippen LogP contribution >= 0.6 is 0 Å². The van der Waals surface area contributed by atoms with Gasteiger partial charge in [0.2, 0.25) is 10.0 Å². The lowest BCUT2D eigenvalue weighted by Gasteiger charge is -2.33. The van der Waals surface area contributed by atoms with Crippen LogP contribution in [-0.2, 0) is 16.4 Å². The molecule has 1 N–H and O–H groups in total. The number of piperazine rings is 1. The van der Waals surface area contributed by atoms with Crippen LogP contribution in [0.15, 0.2) is 73.1 Å². The molecule has 43 heavy (non-hydrogen) atoms. The van der Waals surface area contributed by atoms with Crippen molar-refractivity contribution in [1.82, 2.24) is 34.3 Å². The molecule has 2 aliphatic rings. The maximum absolute atomic E-state index is 13.5. The zero-order chi connectivity index (χ0) is 30.0. The van der Waals surface area contributed by atoms with Gasteiger partial charge in [0, 0.05) is 61.8 Å². The Labute approximate surface area is 250 Å². The number of amides is 1. The van der Waals surface area contributed by atoms with Gasteiger partial charge in [-0.25, -0.2) is 27.5 Å². The van der Waals surface area contributed by atoms with Gasteiger partial charge >= 0.3 is 0 Å². The van der Waals surface area contributed by atoms with E-state index in [1.54, 1.807) is 21.8 Å². The fraction of sp³-hybridized carbons (Fsp3) is 0.355. The van der Waals surface area contributed by atoms with Crippen molar-refractivity contribution in [1.29, 1.82) is 0 Å². The molecule has 0 radical (unpaired) electrons. The molecule has 12 heteroatoms. The molecule has 2 fully saturated rings. The van der Waals surface area contributed by atoms with Crippen molar-refractivity contribution in [3.8, 4) is 17.1 Å². The smallest absolute Gasteiger partial charge is 0.272 e. The number of nitrogens with zero attached hydrogens (tertiary/aromatic N) is 6. The monoisotopic (exact) mass is 603 g/mol. The van der Waals surface area contributed by atoms with E-state index in [9.17, 15) is 17.6 Å². The summed E-state index contributed by atoms with van der Waals surface area (Å²) < 4.78 is 40.3. The quantitative estimate of drug-likeness (QED) is 0.277. The number of aromatic nitrogens is 4. The summed E-state index contributed by atoms with van der Waals surface area (Å²) in [4.78, 5) is 24.7. The van der Waals surface area contributed by atoms with Crippen molar-refractivity contribution in [3.63, 3.8) is 0 Å². The highest BCUT2D eigenvalue weighted by Crippen LogP contribution is 2.40. The molecule has 1 amide bonds. The lowest BCUT2D eigenvalue weighted by Crippen LogP contribution is -2.50. The Morgan fingerprint density at radius 1 is 1.02 bits per heavy atom. The first-order valence-corrected chi connectivity index (χ1v) is 16.3. The zero-order valence-corrected chi connectivity index (χ0v) is 24.8. The molecule has 10 nitrogen and oxygen atoms in total. The highest BCUT2D eigenvalue weighted by atomic mass is 32.2. The number of carbonyl (C=O) groups excluding carboxylic acids is 1. The van der Waals surface area contributed by atoms with Gasteiger partial charge < -0.3 is 10.2 Å². The molecule has 2 aromatic heterocycles. The minimum Gasteiger partial charge on any atom is -0.335 e. The molecule has 0 spiro atoms. The second kappa shape index (κ2) is 12.3. The molecule has 1 unspecified atom stereocenters. The van der Waals surface area contributed by atoms with E-state index in [0.29, 0.717) is 43.0 Å². The van der Waals surface area contributed by atoms with Gasteiger partial charge in [0.1, 0.15) is 11.5 Å². The first-order chi connectivity index (χ1) is 20.7. The highest BCUT2D eigenvalue weighted by molar-refractivity contribution is 7.88. The SMILES string of the molecule is CS(=O)(=O)N1CCN(C(=O)c2cc(CCCNC3C[C@H]3c3ccc(F)cc3)nc(-c3ccc(-n4cccn4)cc3)n2)CC1. The van der Waals surface area contributed by atoms with Crippen molar-refractivity contribution in [2.45, 2.75) is 31.2 Å². The fourth-order valence-corrected chi connectivity index (χ4v) is 6.32. The van der Waals surface area contributed by atoms with Crippen LogP contribution in [0.1, 0.15) is 40.5 Å². The molecule has 1 saturated carbocycles. The van der Waals surface area contributed by atoms with Gasteiger partial charge in [-0.1, -0.05) is 12.1 Å². The Kier molecular flexibility index (Phi) is 8.33. The second-order valence-corrected chi connectivity index (χ2v) is 13.1. The molecular weight excluding hydrogens is 569 g/mol. The van der Waals surface area contributed by atoms with E-state index < -0.39 is 10.0 Å². The Bertz CT molecular complexity index is 1670. The first-order valence-electron chi connectivity index (χ1n) is 14.5. The molecule has 2 atom stereocenters. The Balaban J connectivity index is 1.15. The molecule has 2 aromatic carbocycles. The largest absolute Gasteiger partial charge is 0.335 e. The summed E-state index contributed by atoms with van der Waals surface area (Å²) in [6, 6.07) is 18.4. The maximum atomic E-state index is 13.5. The Morgan fingerprint density at radius 3 is 2.44 bits per heavy atom. The zero-order valence-electron chi connectivity index (χ0n) is 23.9. The van der Waals surface area contributed by atoms with Crippen LogP contribution in [0.4, 0.5) is 4.39 Å². The molecule has 3 heterocycles. The number of halogens is 1. The normalized spacial score (nSPS) is 19.0. The number of aryl methyl sites for hydroxylation is 1. The van der Waals surface area contributed by atoms with E-state index >= 15 is 0 Å². The van der Waals surface area contributed by atoms with Gasteiger partial charge in [-0.05, 0) is 79.9 Å². The second-order valence-electron chi connectivity index (χ2n) is 11.1. The highest BCUT2D eigenvalue weighted by Gasteiger charge is 2.37. The van der Waals surface area contributed by atoms with Gasteiger partial charge in [0.15, 0.2) is 5.82 Å². The molecule has 1 aliphatic heterocycles. The third-order valence-electron chi connectivity index (χ3n) is 7.99. The van der Waals surface area contributed by atoms with Crippen molar-refractivity contribution in [3.05, 3.63) is 95.8 Å². The van der Waals surface area contributed by atoms with Crippen LogP contribution < -0.4 is 5.32 Å². The van der Waals surface area contributed by atoms with Gasteiger partial charge in [-0.3, -0.25) is 4.79 Å². The fourth-order valence-electron chi connectivity index (χ4n) is 5.49. The van der Waals surface area contributed by atoms with Crippen molar-refractivity contribution in [2.75, 3.05) is 39.0 Å². The van der Waals surface area contributed by atoms with Gasteiger partial charge in [-0.2, -0.15) is 9.40 Å². The molecule has 1 aliphatic carbocycles. The van der Waals surface area contributed by atoms with E-state index in [1.165, 1.54) is 22.7 Å². The molecule has 224 valence electrons. The summed E-state index contributed by atoms with van der Waals surface area (Å²) >= 11 is 0. The lowest BCUT2D eigenvalue weighted by atomic mass is 10.1. The summed E-state index contributed by atoms with van der Waals surface area (Å²) in [5.74, 6) is 0.419. The Morgan fingerprint density at radius 2 is 1.77 bits per heavy atom. The molecule has 4 aromatic rings. The Hall–Kier alpha value is -4.00. The third kappa shape index (κ3) is 6.98. The van der Waals surface area contributed by atoms with Crippen molar-refractivity contribution in [2.24, 2.45) is 0 Å². The molecule has 6 rings (SSSR count). The van der Waals surface area contributed by atoms with E-state index in [1.807, 2.05) is 48.7 Å². The van der Waals surface area contributed by atoms with Crippen LogP contribution in [0.25, 0.3) is 17.1 Å². The molecular formula is C31H34FN7O3S. The number of nitrogens with one attached hydrogen (secondary N) is 1. The van der Waals surface area contributed by atoms with E-state index in [4.69, 9.17) is 4.98 Å². The summed E-state index contributed by atoms with van der Waals surface area (Å²) in [6.07, 6.45) is 7.28. The first kappa shape index (κ1) is 29.1. The number of hydrogen-bond donors (Lipinski definition) is 1. The number of sulfonamides is 1. The van der Waals surface area contributed by atoms with Crippen molar-refractivity contribution >= 4 is 15.9 Å². The van der Waals surface area contributed by atoms with Crippen LogP contribution in [0.2, 0.25) is 0 Å². The van der Waals surface area contributed by atoms with Crippen LogP contribution in [0, 0.1) is 5.82 Å². The number of hydrogen-bond acceptors (Lipinski definition) is 7. The number of benzene rings is 2. The predicted molar refractivity (Wildman–Crippen MR) is 161 cm³/mol. The van der Waals surface area contributed by atoms with Crippen LogP contribution in [0.3, 0.4) is 0 Å². The van der Waals surface area contributed by atoms with Gasteiger partial charge in [0.05, 0.1) is 11.9 Å². The average Bonchev–Trinajstić information content (AvgIpc) is 3.57. The minimum absolute atomic E-state index is 0.221. The lowest BCUT2D eigenvalue weighted by molar-refractivity contribution is 0.0692. The topological polar surface area (TPSA) is 113 Å². The third-order valence-corrected chi connectivity index (χ3v) is 9.30. The minimum atomic E-state index is -3.30. The predicted octanol–water partition coefficient (Wildman–Crippen LogP) is 3.26. The summed E-state index contributed by atoms with van der Waals surface area (Å²) in [6.45, 7) is 1.92. The number of carbonyl (C=O) groups is 1. The summed E-state index contributed by atoms with van der Waals surface area (Å²) in [5, 5.41) is 7.86. The van der Waals surface area contributed by atoms with E-state index in [2.05, 4.69) is 15.4 Å². The van der Waals surface area contributed by atoms with Gasteiger partial charge in [-0.15, -0.1) is 0 Å². The molecule has 0 bridgehead atoms. The maximum Gasteiger partial charge on any atom is 0.272 e. The molecule has 1 saturated heterocycles. The van der Waals surface area contributed by atoms with Crippen molar-refractivity contribution < 1.29 is 17.6 Å². The van der Waals surface area contributed by atoms with Crippen LogP contribution in [0.5, 0.6) is 0 Å². The summed E-state index contributed by atoms with van der Waals surface area (Å²) in [5.41, 5.74) is 3.91. The van der Waals surface area contributed by atoms with Gasteiger partial charge in [0.25, 0.3) is 5.91 Å². The summed E-state index contributed by atoms with van der Waals surface area (Å²) in [7, 11) is -3.30. The number of rotatable bonds is 10. The standard InChI is InChI=1S/C31H34FN7O3S/c1-43(41,42)38-18-16-37(17-19-38)31(40)29-20-25(4-2-13-33-28-21-27(28)22-5-9-24(32)10-6-22)35-30(36-29)23-7-11-26(12-8-23)39-15-3-14-34-39/h3,5-12,14-15,20,27-28,33H,2,4,13,16-19,21H2,1H3/t27-,28?/m0/s1. The average molecular weight is 604 g/mol. The van der Waals surface area contributed by atoms with E-state index in [-0.39, 0.29) is 24.8 Å². The van der Waals surface area contributed by atoms with E-state index in [0.717, 1.165) is 41.9 Å².